The third kappa shape index (κ3) is 4.61. The lowest BCUT2D eigenvalue weighted by molar-refractivity contribution is 0.102. The van der Waals surface area contributed by atoms with Crippen LogP contribution in [0.25, 0.3) is 0 Å². The zero-order valence-corrected chi connectivity index (χ0v) is 14.7. The molecule has 0 radical (unpaired) electrons. The van der Waals surface area contributed by atoms with E-state index in [9.17, 15) is 22.0 Å². The van der Waals surface area contributed by atoms with Crippen LogP contribution in [-0.4, -0.2) is 20.4 Å². The van der Waals surface area contributed by atoms with Gasteiger partial charge in [0.25, 0.3) is 5.91 Å². The summed E-state index contributed by atoms with van der Waals surface area (Å²) in [6.07, 6.45) is 0. The Kier molecular flexibility index (Phi) is 5.54. The molecule has 2 aromatic rings. The number of carbonyl (C=O) groups is 1. The molecule has 0 unspecified atom stereocenters. The van der Waals surface area contributed by atoms with Crippen molar-refractivity contribution in [1.82, 2.24) is 4.72 Å². The van der Waals surface area contributed by atoms with Crippen molar-refractivity contribution in [1.29, 1.82) is 0 Å². The molecule has 0 aromatic heterocycles. The second kappa shape index (κ2) is 7.28. The molecular formula is C17H18F2N2O3S. The van der Waals surface area contributed by atoms with E-state index in [1.165, 1.54) is 18.2 Å². The lowest BCUT2D eigenvalue weighted by atomic mass is 10.1. The van der Waals surface area contributed by atoms with Crippen LogP contribution in [0.1, 0.15) is 29.8 Å². The van der Waals surface area contributed by atoms with Crippen LogP contribution >= 0.6 is 0 Å². The summed E-state index contributed by atoms with van der Waals surface area (Å²) >= 11 is 0. The SMILES string of the molecule is Cc1ccc(F)c(NC(=O)c2cc(S(=O)(=O)NC(C)C)ccc2F)c1. The number of benzene rings is 2. The molecule has 1 amide bonds. The van der Waals surface area contributed by atoms with Crippen LogP contribution in [-0.2, 0) is 10.0 Å². The summed E-state index contributed by atoms with van der Waals surface area (Å²) in [4.78, 5) is 12.0. The van der Waals surface area contributed by atoms with Crippen molar-refractivity contribution in [2.45, 2.75) is 31.7 Å². The zero-order chi connectivity index (χ0) is 18.8. The minimum atomic E-state index is -3.89. The van der Waals surface area contributed by atoms with Crippen LogP contribution in [0.5, 0.6) is 0 Å². The number of amides is 1. The van der Waals surface area contributed by atoms with Gasteiger partial charge in [-0.15, -0.1) is 0 Å². The molecule has 8 heteroatoms. The van der Waals surface area contributed by atoms with Gasteiger partial charge < -0.3 is 5.32 Å². The predicted molar refractivity (Wildman–Crippen MR) is 90.9 cm³/mol. The summed E-state index contributed by atoms with van der Waals surface area (Å²) in [6.45, 7) is 4.98. The van der Waals surface area contributed by atoms with Crippen molar-refractivity contribution in [3.8, 4) is 0 Å². The van der Waals surface area contributed by atoms with Gasteiger partial charge in [-0.3, -0.25) is 4.79 Å². The summed E-state index contributed by atoms with van der Waals surface area (Å²) in [5.74, 6) is -2.53. The van der Waals surface area contributed by atoms with Gasteiger partial charge in [0, 0.05) is 6.04 Å². The van der Waals surface area contributed by atoms with Crippen LogP contribution < -0.4 is 10.0 Å². The highest BCUT2D eigenvalue weighted by Gasteiger charge is 2.21. The summed E-state index contributed by atoms with van der Waals surface area (Å²) in [6, 6.07) is 6.59. The third-order valence-corrected chi connectivity index (χ3v) is 4.91. The zero-order valence-electron chi connectivity index (χ0n) is 13.9. The van der Waals surface area contributed by atoms with Crippen molar-refractivity contribution in [3.63, 3.8) is 0 Å². The normalized spacial score (nSPS) is 11.6. The molecular weight excluding hydrogens is 350 g/mol. The van der Waals surface area contributed by atoms with Gasteiger partial charge >= 0.3 is 0 Å². The van der Waals surface area contributed by atoms with E-state index in [-0.39, 0.29) is 16.6 Å². The van der Waals surface area contributed by atoms with E-state index in [0.29, 0.717) is 5.56 Å². The standard InChI is InChI=1S/C17H18F2N2O3S/c1-10(2)21-25(23,24)12-5-7-14(18)13(9-12)17(22)20-16-8-11(3)4-6-15(16)19/h4-10,21H,1-3H3,(H,20,22). The number of hydrogen-bond acceptors (Lipinski definition) is 3. The molecule has 0 aliphatic carbocycles. The Labute approximate surface area is 145 Å². The van der Waals surface area contributed by atoms with E-state index in [0.717, 1.165) is 18.2 Å². The Hall–Kier alpha value is -2.32. The molecule has 0 aliphatic rings. The average molecular weight is 368 g/mol. The van der Waals surface area contributed by atoms with Gasteiger partial charge in [0.2, 0.25) is 10.0 Å². The Morgan fingerprint density at radius 3 is 2.32 bits per heavy atom. The maximum absolute atomic E-state index is 14.0. The quantitative estimate of drug-likeness (QED) is 0.851. The van der Waals surface area contributed by atoms with Crippen LogP contribution in [0, 0.1) is 18.6 Å². The lowest BCUT2D eigenvalue weighted by Gasteiger charge is -2.12. The third-order valence-electron chi connectivity index (χ3n) is 3.25. The van der Waals surface area contributed by atoms with Crippen LogP contribution in [0.15, 0.2) is 41.3 Å². The summed E-state index contributed by atoms with van der Waals surface area (Å²) in [5, 5.41) is 2.26. The Bertz CT molecular complexity index is 912. The van der Waals surface area contributed by atoms with Gasteiger partial charge in [0.1, 0.15) is 11.6 Å². The van der Waals surface area contributed by atoms with Gasteiger partial charge in [0.05, 0.1) is 16.1 Å². The minimum Gasteiger partial charge on any atom is -0.319 e. The first kappa shape index (κ1) is 19.0. The maximum atomic E-state index is 14.0. The number of carbonyl (C=O) groups excluding carboxylic acids is 1. The van der Waals surface area contributed by atoms with E-state index in [4.69, 9.17) is 0 Å². The van der Waals surface area contributed by atoms with Crippen molar-refractivity contribution in [2.24, 2.45) is 0 Å². The first-order valence-corrected chi connectivity index (χ1v) is 8.98. The number of nitrogens with one attached hydrogen (secondary N) is 2. The first-order valence-electron chi connectivity index (χ1n) is 7.49. The molecule has 0 heterocycles. The average Bonchev–Trinajstić information content (AvgIpc) is 2.49. The molecule has 0 fully saturated rings. The van der Waals surface area contributed by atoms with E-state index in [1.807, 2.05) is 0 Å². The van der Waals surface area contributed by atoms with E-state index >= 15 is 0 Å². The molecule has 2 aromatic carbocycles. The molecule has 2 rings (SSSR count). The highest BCUT2D eigenvalue weighted by atomic mass is 32.2. The molecule has 0 atom stereocenters. The Morgan fingerprint density at radius 2 is 1.68 bits per heavy atom. The molecule has 0 spiro atoms. The number of anilines is 1. The largest absolute Gasteiger partial charge is 0.319 e. The summed E-state index contributed by atoms with van der Waals surface area (Å²) in [5.41, 5.74) is 0.0973. The number of sulfonamides is 1. The topological polar surface area (TPSA) is 75.3 Å². The van der Waals surface area contributed by atoms with Crippen molar-refractivity contribution in [2.75, 3.05) is 5.32 Å². The molecule has 0 saturated carbocycles. The van der Waals surface area contributed by atoms with E-state index < -0.39 is 33.1 Å². The first-order chi connectivity index (χ1) is 11.6. The number of rotatable bonds is 5. The van der Waals surface area contributed by atoms with Gasteiger partial charge in [-0.1, -0.05) is 6.07 Å². The van der Waals surface area contributed by atoms with Crippen molar-refractivity contribution < 1.29 is 22.0 Å². The molecule has 5 nitrogen and oxygen atoms in total. The van der Waals surface area contributed by atoms with Gasteiger partial charge in [-0.2, -0.15) is 0 Å². The summed E-state index contributed by atoms with van der Waals surface area (Å²) < 4.78 is 54.4. The van der Waals surface area contributed by atoms with Gasteiger partial charge in [-0.05, 0) is 56.7 Å². The fraction of sp³-hybridized carbons (Fsp3) is 0.235. The fourth-order valence-corrected chi connectivity index (χ4v) is 3.43. The molecule has 0 saturated heterocycles. The van der Waals surface area contributed by atoms with Crippen molar-refractivity contribution >= 4 is 21.6 Å². The molecule has 2 N–H and O–H groups in total. The lowest BCUT2D eigenvalue weighted by Crippen LogP contribution is -2.30. The smallest absolute Gasteiger partial charge is 0.258 e. The fourth-order valence-electron chi connectivity index (χ4n) is 2.15. The molecule has 0 bridgehead atoms. The van der Waals surface area contributed by atoms with Crippen LogP contribution in [0.3, 0.4) is 0 Å². The monoisotopic (exact) mass is 368 g/mol. The summed E-state index contributed by atoms with van der Waals surface area (Å²) in [7, 11) is -3.89. The Morgan fingerprint density at radius 1 is 1.04 bits per heavy atom. The Balaban J connectivity index is 2.37. The minimum absolute atomic E-state index is 0.113. The second-order valence-corrected chi connectivity index (χ2v) is 7.57. The van der Waals surface area contributed by atoms with Gasteiger partial charge in [-0.25, -0.2) is 21.9 Å². The second-order valence-electron chi connectivity index (χ2n) is 5.86. The van der Waals surface area contributed by atoms with E-state index in [1.54, 1.807) is 20.8 Å². The predicted octanol–water partition coefficient (Wildman–Crippen LogP) is 3.21. The highest BCUT2D eigenvalue weighted by Crippen LogP contribution is 2.20. The number of aryl methyl sites for hydroxylation is 1. The molecule has 134 valence electrons. The van der Waals surface area contributed by atoms with Crippen LogP contribution in [0.2, 0.25) is 0 Å². The van der Waals surface area contributed by atoms with E-state index in [2.05, 4.69) is 10.0 Å². The molecule has 0 aliphatic heterocycles. The maximum Gasteiger partial charge on any atom is 0.258 e. The highest BCUT2D eigenvalue weighted by molar-refractivity contribution is 7.89. The van der Waals surface area contributed by atoms with Crippen molar-refractivity contribution in [3.05, 3.63) is 59.2 Å². The molecule has 25 heavy (non-hydrogen) atoms. The van der Waals surface area contributed by atoms with Crippen LogP contribution in [0.4, 0.5) is 14.5 Å². The number of halogens is 2. The van der Waals surface area contributed by atoms with Gasteiger partial charge in [0.15, 0.2) is 0 Å². The number of hydrogen-bond donors (Lipinski definition) is 2.